The van der Waals surface area contributed by atoms with Crippen LogP contribution in [0, 0.1) is 32.0 Å². The second-order valence-corrected chi connectivity index (χ2v) is 13.4. The molecule has 5 aromatic rings. The van der Waals surface area contributed by atoms with Gasteiger partial charge in [0.2, 0.25) is 11.8 Å². The van der Waals surface area contributed by atoms with E-state index in [1.54, 1.807) is 28.7 Å². The van der Waals surface area contributed by atoms with Gasteiger partial charge in [0, 0.05) is 58.8 Å². The summed E-state index contributed by atoms with van der Waals surface area (Å²) in [4.78, 5) is 50.8. The van der Waals surface area contributed by atoms with Crippen LogP contribution in [0.5, 0.6) is 0 Å². The van der Waals surface area contributed by atoms with Crippen LogP contribution in [-0.4, -0.2) is 58.7 Å². The average molecular weight is 673 g/mol. The zero-order valence-electron chi connectivity index (χ0n) is 25.5. The summed E-state index contributed by atoms with van der Waals surface area (Å²) in [5.74, 6) is -1.10. The number of amides is 2. The van der Waals surface area contributed by atoms with E-state index in [0.717, 1.165) is 45.4 Å². The number of carbonyl (C=O) groups is 3. The predicted molar refractivity (Wildman–Crippen MR) is 170 cm³/mol. The zero-order chi connectivity index (χ0) is 31.9. The van der Waals surface area contributed by atoms with Gasteiger partial charge in [-0.25, -0.2) is 18.9 Å². The number of likely N-dealkylation sites (tertiary alicyclic amines) is 1. The van der Waals surface area contributed by atoms with Crippen molar-refractivity contribution in [2.24, 2.45) is 5.41 Å². The Labute approximate surface area is 266 Å². The van der Waals surface area contributed by atoms with Crippen molar-refractivity contribution in [3.05, 3.63) is 75.7 Å². The number of hydrogen-bond acceptors (Lipinski definition) is 6. The molecular formula is C33H31BrFN7O3. The first-order chi connectivity index (χ1) is 21.3. The highest BCUT2D eigenvalue weighted by molar-refractivity contribution is 9.10. The Hall–Kier alpha value is -4.45. The highest BCUT2D eigenvalue weighted by atomic mass is 79.9. The minimum atomic E-state index is -0.723. The van der Waals surface area contributed by atoms with Crippen LogP contribution in [0.1, 0.15) is 53.9 Å². The molecule has 4 aromatic heterocycles. The Morgan fingerprint density at radius 3 is 2.62 bits per heavy atom. The average Bonchev–Trinajstić information content (AvgIpc) is 3.25. The Morgan fingerprint density at radius 2 is 1.87 bits per heavy atom. The molecule has 0 radical (unpaired) electrons. The number of nitrogens with one attached hydrogen (secondary N) is 1. The normalized spacial score (nSPS) is 20.6. The number of nitrogens with zero attached hydrogens (tertiary/aromatic N) is 6. The van der Waals surface area contributed by atoms with Crippen molar-refractivity contribution in [2.45, 2.75) is 66.1 Å². The third-order valence-corrected chi connectivity index (χ3v) is 9.67. The van der Waals surface area contributed by atoms with Gasteiger partial charge in [-0.05, 0) is 85.1 Å². The molecule has 12 heteroatoms. The second-order valence-electron chi connectivity index (χ2n) is 12.6. The number of piperidine rings is 1. The van der Waals surface area contributed by atoms with Crippen LogP contribution in [0.25, 0.3) is 27.7 Å². The van der Waals surface area contributed by atoms with Gasteiger partial charge in [0.15, 0.2) is 11.4 Å². The Morgan fingerprint density at radius 1 is 1.09 bits per heavy atom. The van der Waals surface area contributed by atoms with E-state index in [-0.39, 0.29) is 45.7 Å². The van der Waals surface area contributed by atoms with Gasteiger partial charge in [-0.15, -0.1) is 0 Å². The number of ketones is 1. The molecule has 7 rings (SSSR count). The van der Waals surface area contributed by atoms with Gasteiger partial charge >= 0.3 is 0 Å². The number of benzene rings is 1. The van der Waals surface area contributed by atoms with Gasteiger partial charge in [0.25, 0.3) is 0 Å². The molecule has 45 heavy (non-hydrogen) atoms. The smallest absolute Gasteiger partial charge is 0.248 e. The van der Waals surface area contributed by atoms with Gasteiger partial charge in [-0.1, -0.05) is 6.92 Å². The van der Waals surface area contributed by atoms with Crippen LogP contribution in [0.15, 0.2) is 47.5 Å². The van der Waals surface area contributed by atoms with E-state index in [4.69, 9.17) is 0 Å². The summed E-state index contributed by atoms with van der Waals surface area (Å²) in [5.41, 5.74) is 5.60. The lowest BCUT2D eigenvalue weighted by molar-refractivity contribution is -0.138. The maximum Gasteiger partial charge on any atom is 0.248 e. The minimum absolute atomic E-state index is 0.0385. The SMILES string of the molecule is CC(=O)c1cn(CC(=O)N2[C@H](C(=O)Nc3nc(Br)cc(F)c3C)C[C@@]3(C)C[C@@H]23)c2c(C)cc(-c3cnc4cc(C)nn4c3)cc12. The fourth-order valence-corrected chi connectivity index (χ4v) is 7.21. The number of fused-ring (bicyclic) bond motifs is 3. The largest absolute Gasteiger partial charge is 0.337 e. The zero-order valence-corrected chi connectivity index (χ0v) is 27.1. The van der Waals surface area contributed by atoms with Crippen molar-refractivity contribution in [2.75, 3.05) is 5.32 Å². The van der Waals surface area contributed by atoms with Crippen molar-refractivity contribution in [1.82, 2.24) is 29.0 Å². The lowest BCUT2D eigenvalue weighted by Crippen LogP contribution is -2.46. The number of halogens is 2. The van der Waals surface area contributed by atoms with E-state index in [1.165, 1.54) is 13.0 Å². The first-order valence-electron chi connectivity index (χ1n) is 14.7. The van der Waals surface area contributed by atoms with Gasteiger partial charge in [-0.2, -0.15) is 5.10 Å². The maximum atomic E-state index is 14.3. The van der Waals surface area contributed by atoms with Crippen molar-refractivity contribution in [3.63, 3.8) is 0 Å². The molecular weight excluding hydrogens is 641 g/mol. The Kier molecular flexibility index (Phi) is 6.70. The van der Waals surface area contributed by atoms with Gasteiger partial charge in [0.05, 0.1) is 11.2 Å². The van der Waals surface area contributed by atoms with Crippen molar-refractivity contribution in [3.8, 4) is 11.1 Å². The fraction of sp³-hybridized carbons (Fsp3) is 0.333. The molecule has 5 heterocycles. The number of anilines is 1. The van der Waals surface area contributed by atoms with Gasteiger partial charge in [-0.3, -0.25) is 14.4 Å². The lowest BCUT2D eigenvalue weighted by Gasteiger charge is -2.27. The van der Waals surface area contributed by atoms with Crippen molar-refractivity contribution < 1.29 is 18.8 Å². The topological polar surface area (TPSA) is 114 Å². The van der Waals surface area contributed by atoms with Crippen LogP contribution >= 0.6 is 15.9 Å². The molecule has 1 N–H and O–H groups in total. The highest BCUT2D eigenvalue weighted by Gasteiger charge is 2.64. The number of rotatable bonds is 6. The molecule has 10 nitrogen and oxygen atoms in total. The molecule has 1 saturated heterocycles. The molecule has 2 fully saturated rings. The first kappa shape index (κ1) is 29.3. The van der Waals surface area contributed by atoms with E-state index >= 15 is 0 Å². The number of Topliss-reactive ketones (excluding diaryl/α,β-unsaturated/α-hetero) is 1. The van der Waals surface area contributed by atoms with Gasteiger partial charge < -0.3 is 14.8 Å². The first-order valence-corrected chi connectivity index (χ1v) is 15.5. The summed E-state index contributed by atoms with van der Waals surface area (Å²) in [5, 5.41) is 7.97. The molecule has 0 spiro atoms. The quantitative estimate of drug-likeness (QED) is 0.180. The molecule has 2 aliphatic rings. The second kappa shape index (κ2) is 10.3. The number of hydrogen-bond donors (Lipinski definition) is 1. The summed E-state index contributed by atoms with van der Waals surface area (Å²) in [6, 6.07) is 6.33. The van der Waals surface area contributed by atoms with Crippen LogP contribution in [0.4, 0.5) is 10.2 Å². The summed E-state index contributed by atoms with van der Waals surface area (Å²) < 4.78 is 18.1. The van der Waals surface area contributed by atoms with E-state index < -0.39 is 17.8 Å². The Bertz CT molecular complexity index is 2100. The molecule has 3 atom stereocenters. The minimum Gasteiger partial charge on any atom is -0.337 e. The standard InChI is InChI=1S/C33H31BrFN7O3/c1-16-6-20(21-12-36-28-7-17(2)39-41(28)13-21)8-22-23(19(4)43)14-40(30(16)22)15-29(44)42-25(10-33(5)11-26(33)42)32(45)38-31-18(3)24(35)9-27(34)37-31/h6-9,12-14,25-26H,10-11,15H2,1-5H3,(H,37,38,45)/t25-,26+,33-/m0/s1. The van der Waals surface area contributed by atoms with Crippen LogP contribution in [-0.2, 0) is 16.1 Å². The summed E-state index contributed by atoms with van der Waals surface area (Å²) in [7, 11) is 0. The van der Waals surface area contributed by atoms with E-state index in [0.29, 0.717) is 12.0 Å². The van der Waals surface area contributed by atoms with Crippen LogP contribution in [0.2, 0.25) is 0 Å². The van der Waals surface area contributed by atoms with Crippen LogP contribution < -0.4 is 5.32 Å². The summed E-state index contributed by atoms with van der Waals surface area (Å²) in [6.07, 6.45) is 6.75. The number of carbonyl (C=O) groups excluding carboxylic acids is 3. The molecule has 1 aliphatic heterocycles. The van der Waals surface area contributed by atoms with E-state index in [9.17, 15) is 18.8 Å². The molecule has 1 saturated carbocycles. The van der Waals surface area contributed by atoms with E-state index in [2.05, 4.69) is 43.2 Å². The van der Waals surface area contributed by atoms with Crippen molar-refractivity contribution >= 4 is 55.9 Å². The molecule has 2 amide bonds. The lowest BCUT2D eigenvalue weighted by atomic mass is 10.0. The van der Waals surface area contributed by atoms with Crippen LogP contribution in [0.3, 0.4) is 0 Å². The molecule has 0 unspecified atom stereocenters. The van der Waals surface area contributed by atoms with Gasteiger partial charge in [0.1, 0.15) is 28.8 Å². The molecule has 1 aliphatic carbocycles. The fourth-order valence-electron chi connectivity index (χ4n) is 6.83. The predicted octanol–water partition coefficient (Wildman–Crippen LogP) is 5.79. The molecule has 230 valence electrons. The number of pyridine rings is 1. The monoisotopic (exact) mass is 671 g/mol. The third kappa shape index (κ3) is 4.91. The molecule has 0 bridgehead atoms. The number of aromatic nitrogens is 5. The third-order valence-electron chi connectivity index (χ3n) is 9.26. The van der Waals surface area contributed by atoms with Crippen molar-refractivity contribution in [1.29, 1.82) is 0 Å². The number of aryl methyl sites for hydroxylation is 2. The maximum absolute atomic E-state index is 14.3. The summed E-state index contributed by atoms with van der Waals surface area (Å²) in [6.45, 7) is 8.97. The Balaban J connectivity index is 1.21. The molecule has 1 aromatic carbocycles. The highest BCUT2D eigenvalue weighted by Crippen LogP contribution is 2.59. The summed E-state index contributed by atoms with van der Waals surface area (Å²) >= 11 is 3.18. The van der Waals surface area contributed by atoms with E-state index in [1.807, 2.05) is 42.8 Å².